The van der Waals surface area contributed by atoms with Crippen LogP contribution in [0.4, 0.5) is 0 Å². The molecule has 1 fully saturated rings. The van der Waals surface area contributed by atoms with Gasteiger partial charge in [0.15, 0.2) is 0 Å². The van der Waals surface area contributed by atoms with Crippen molar-refractivity contribution in [1.29, 1.82) is 0 Å². The van der Waals surface area contributed by atoms with Crippen molar-refractivity contribution in [2.24, 2.45) is 5.41 Å². The molecule has 0 amide bonds. The van der Waals surface area contributed by atoms with Crippen molar-refractivity contribution >= 4 is 0 Å². The highest BCUT2D eigenvalue weighted by Gasteiger charge is 2.31. The quantitative estimate of drug-likeness (QED) is 0.683. The largest absolute Gasteiger partial charge is 0.396 e. The number of hydrogen-bond acceptors (Lipinski definition) is 2. The molecule has 0 bridgehead atoms. The van der Waals surface area contributed by atoms with Crippen LogP contribution in [0.1, 0.15) is 39.5 Å². The van der Waals surface area contributed by atoms with E-state index in [4.69, 9.17) is 0 Å². The molecule has 1 aliphatic carbocycles. The van der Waals surface area contributed by atoms with Gasteiger partial charge < -0.3 is 10.0 Å². The predicted molar refractivity (Wildman–Crippen MR) is 55.8 cm³/mol. The summed E-state index contributed by atoms with van der Waals surface area (Å²) in [5.74, 6) is 0. The number of nitrogens with zero attached hydrogens (tertiary/aromatic N) is 1. The van der Waals surface area contributed by atoms with Crippen molar-refractivity contribution in [3.05, 3.63) is 0 Å². The monoisotopic (exact) mass is 185 g/mol. The van der Waals surface area contributed by atoms with Crippen LogP contribution >= 0.6 is 0 Å². The Morgan fingerprint density at radius 2 is 2.08 bits per heavy atom. The summed E-state index contributed by atoms with van der Waals surface area (Å²) >= 11 is 0. The minimum Gasteiger partial charge on any atom is -0.396 e. The van der Waals surface area contributed by atoms with Gasteiger partial charge in [-0.05, 0) is 26.3 Å². The highest BCUT2D eigenvalue weighted by Crippen LogP contribution is 2.30. The Kier molecular flexibility index (Phi) is 3.74. The van der Waals surface area contributed by atoms with Crippen LogP contribution in [0.5, 0.6) is 0 Å². The molecule has 78 valence electrons. The lowest BCUT2D eigenvalue weighted by Gasteiger charge is -2.32. The lowest BCUT2D eigenvalue weighted by atomic mass is 9.86. The van der Waals surface area contributed by atoms with Crippen LogP contribution < -0.4 is 0 Å². The van der Waals surface area contributed by atoms with E-state index in [0.29, 0.717) is 6.61 Å². The summed E-state index contributed by atoms with van der Waals surface area (Å²) in [6, 6.07) is 0.808. The molecule has 0 aromatic rings. The molecule has 0 radical (unpaired) electrons. The summed E-state index contributed by atoms with van der Waals surface area (Å²) in [6.45, 7) is 5.74. The zero-order valence-corrected chi connectivity index (χ0v) is 9.21. The summed E-state index contributed by atoms with van der Waals surface area (Å²) < 4.78 is 0. The molecule has 0 heterocycles. The summed E-state index contributed by atoms with van der Waals surface area (Å²) in [5.41, 5.74) is 0.117. The molecule has 0 spiro atoms. The molecule has 2 heteroatoms. The molecule has 1 atom stereocenters. The summed E-state index contributed by atoms with van der Waals surface area (Å²) in [7, 11) is 2.18. The number of aliphatic hydroxyl groups excluding tert-OH is 1. The van der Waals surface area contributed by atoms with Gasteiger partial charge in [0, 0.05) is 24.6 Å². The third-order valence-corrected chi connectivity index (χ3v) is 3.04. The number of aliphatic hydroxyl groups is 1. The fourth-order valence-corrected chi connectivity index (χ4v) is 2.06. The van der Waals surface area contributed by atoms with Gasteiger partial charge in [-0.1, -0.05) is 20.3 Å². The van der Waals surface area contributed by atoms with E-state index in [2.05, 4.69) is 25.8 Å². The van der Waals surface area contributed by atoms with Crippen molar-refractivity contribution < 1.29 is 5.11 Å². The molecule has 1 rings (SSSR count). The maximum Gasteiger partial charge on any atom is 0.0497 e. The van der Waals surface area contributed by atoms with Gasteiger partial charge in [0.05, 0.1) is 0 Å². The number of hydrogen-bond donors (Lipinski definition) is 1. The van der Waals surface area contributed by atoms with E-state index < -0.39 is 0 Å². The zero-order chi connectivity index (χ0) is 9.90. The van der Waals surface area contributed by atoms with Gasteiger partial charge in [-0.25, -0.2) is 0 Å². The smallest absolute Gasteiger partial charge is 0.0497 e. The first kappa shape index (κ1) is 11.0. The number of rotatable bonds is 6. The highest BCUT2D eigenvalue weighted by atomic mass is 16.3. The second-order valence-electron chi connectivity index (χ2n) is 4.87. The van der Waals surface area contributed by atoms with E-state index >= 15 is 0 Å². The van der Waals surface area contributed by atoms with Crippen molar-refractivity contribution in [2.75, 3.05) is 20.2 Å². The van der Waals surface area contributed by atoms with Crippen molar-refractivity contribution in [3.8, 4) is 0 Å². The van der Waals surface area contributed by atoms with Gasteiger partial charge in [0.1, 0.15) is 0 Å². The molecular formula is C11H23NO. The average molecular weight is 185 g/mol. The topological polar surface area (TPSA) is 23.5 Å². The van der Waals surface area contributed by atoms with E-state index in [1.165, 1.54) is 12.8 Å². The third-order valence-electron chi connectivity index (χ3n) is 3.04. The SMILES string of the molecule is CCCC(C)(CO)CN(C)C1CC1. The first-order valence-electron chi connectivity index (χ1n) is 5.42. The van der Waals surface area contributed by atoms with Crippen LogP contribution in [0.3, 0.4) is 0 Å². The summed E-state index contributed by atoms with van der Waals surface area (Å²) in [4.78, 5) is 2.41. The minimum atomic E-state index is 0.117. The standard InChI is InChI=1S/C11H23NO/c1-4-7-11(2,9-13)8-12(3)10-5-6-10/h10,13H,4-9H2,1-3H3. The lowest BCUT2D eigenvalue weighted by molar-refractivity contribution is 0.0876. The fourth-order valence-electron chi connectivity index (χ4n) is 2.06. The van der Waals surface area contributed by atoms with Gasteiger partial charge in [-0.15, -0.1) is 0 Å². The maximum atomic E-state index is 9.34. The fraction of sp³-hybridized carbons (Fsp3) is 1.00. The first-order valence-corrected chi connectivity index (χ1v) is 5.42. The van der Waals surface area contributed by atoms with E-state index in [9.17, 15) is 5.11 Å². The Labute approximate surface area is 81.9 Å². The molecule has 1 aliphatic rings. The molecule has 1 N–H and O–H groups in total. The highest BCUT2D eigenvalue weighted by molar-refractivity contribution is 4.86. The van der Waals surface area contributed by atoms with E-state index in [1.54, 1.807) is 0 Å². The Balaban J connectivity index is 2.36. The van der Waals surface area contributed by atoms with Crippen LogP contribution in [0.2, 0.25) is 0 Å². The van der Waals surface area contributed by atoms with Crippen molar-refractivity contribution in [3.63, 3.8) is 0 Å². The minimum absolute atomic E-state index is 0.117. The normalized spacial score (nSPS) is 21.9. The molecule has 1 saturated carbocycles. The zero-order valence-electron chi connectivity index (χ0n) is 9.21. The van der Waals surface area contributed by atoms with Gasteiger partial charge >= 0.3 is 0 Å². The first-order chi connectivity index (χ1) is 6.11. The third kappa shape index (κ3) is 3.28. The molecule has 0 aromatic carbocycles. The van der Waals surface area contributed by atoms with Crippen LogP contribution in [-0.4, -0.2) is 36.2 Å². The van der Waals surface area contributed by atoms with Crippen LogP contribution in [0.25, 0.3) is 0 Å². The summed E-state index contributed by atoms with van der Waals surface area (Å²) in [5, 5.41) is 9.34. The predicted octanol–water partition coefficient (Wildman–Crippen LogP) is 1.88. The molecule has 13 heavy (non-hydrogen) atoms. The van der Waals surface area contributed by atoms with E-state index in [-0.39, 0.29) is 5.41 Å². The Hall–Kier alpha value is -0.0800. The van der Waals surface area contributed by atoms with Crippen molar-refractivity contribution in [2.45, 2.75) is 45.6 Å². The van der Waals surface area contributed by atoms with Crippen LogP contribution in [0, 0.1) is 5.41 Å². The van der Waals surface area contributed by atoms with Gasteiger partial charge in [0.2, 0.25) is 0 Å². The molecule has 2 nitrogen and oxygen atoms in total. The Bertz CT molecular complexity index is 156. The Morgan fingerprint density at radius 1 is 1.46 bits per heavy atom. The Morgan fingerprint density at radius 3 is 2.46 bits per heavy atom. The molecular weight excluding hydrogens is 162 g/mol. The average Bonchev–Trinajstić information content (AvgIpc) is 2.87. The second-order valence-corrected chi connectivity index (χ2v) is 4.87. The molecule has 0 saturated heterocycles. The van der Waals surface area contributed by atoms with E-state index in [0.717, 1.165) is 25.4 Å². The summed E-state index contributed by atoms with van der Waals surface area (Å²) in [6.07, 6.45) is 4.99. The molecule has 0 aromatic heterocycles. The van der Waals surface area contributed by atoms with Gasteiger partial charge in [-0.2, -0.15) is 0 Å². The molecule has 0 aliphatic heterocycles. The van der Waals surface area contributed by atoms with Gasteiger partial charge in [-0.3, -0.25) is 0 Å². The van der Waals surface area contributed by atoms with E-state index in [1.807, 2.05) is 0 Å². The van der Waals surface area contributed by atoms with Crippen LogP contribution in [0.15, 0.2) is 0 Å². The maximum absolute atomic E-state index is 9.34. The molecule has 1 unspecified atom stereocenters. The van der Waals surface area contributed by atoms with Crippen molar-refractivity contribution in [1.82, 2.24) is 4.90 Å². The van der Waals surface area contributed by atoms with Gasteiger partial charge in [0.25, 0.3) is 0 Å². The second kappa shape index (κ2) is 4.43. The lowest BCUT2D eigenvalue weighted by Crippen LogP contribution is -2.37. The van der Waals surface area contributed by atoms with Crippen LogP contribution in [-0.2, 0) is 0 Å².